The van der Waals surface area contributed by atoms with Crippen LogP contribution in [0.4, 0.5) is 0 Å². The van der Waals surface area contributed by atoms with Crippen molar-refractivity contribution in [3.63, 3.8) is 0 Å². The summed E-state index contributed by atoms with van der Waals surface area (Å²) in [5.74, 6) is 2.16. The van der Waals surface area contributed by atoms with E-state index in [2.05, 4.69) is 15.6 Å². The van der Waals surface area contributed by atoms with Crippen molar-refractivity contribution in [3.05, 3.63) is 60.2 Å². The molecule has 164 valence electrons. The number of benzene rings is 2. The van der Waals surface area contributed by atoms with Crippen LogP contribution >= 0.6 is 24.0 Å². The van der Waals surface area contributed by atoms with E-state index in [1.165, 1.54) is 0 Å². The molecule has 0 heterocycles. The number of rotatable bonds is 10. The molecule has 0 saturated heterocycles. The lowest BCUT2D eigenvalue weighted by Crippen LogP contribution is -2.41. The molecule has 0 spiro atoms. The van der Waals surface area contributed by atoms with Crippen LogP contribution in [0.25, 0.3) is 0 Å². The van der Waals surface area contributed by atoms with Gasteiger partial charge in [0.2, 0.25) is 5.91 Å². The maximum atomic E-state index is 12.2. The number of ether oxygens (including phenoxy) is 2. The summed E-state index contributed by atoms with van der Waals surface area (Å²) in [5, 5.41) is 6.08. The molecule has 8 heteroatoms. The maximum absolute atomic E-state index is 12.2. The Labute approximate surface area is 195 Å². The molecule has 7 nitrogen and oxygen atoms in total. The highest BCUT2D eigenvalue weighted by atomic mass is 127. The Hall–Kier alpha value is -2.49. The molecule has 30 heavy (non-hydrogen) atoms. The molecule has 0 saturated carbocycles. The van der Waals surface area contributed by atoms with Crippen LogP contribution in [0.3, 0.4) is 0 Å². The van der Waals surface area contributed by atoms with E-state index < -0.39 is 0 Å². The van der Waals surface area contributed by atoms with Crippen LogP contribution in [0.2, 0.25) is 0 Å². The molecular formula is C22H31IN4O3. The maximum Gasteiger partial charge on any atom is 0.242 e. The van der Waals surface area contributed by atoms with Gasteiger partial charge in [-0.2, -0.15) is 0 Å². The van der Waals surface area contributed by atoms with Crippen molar-refractivity contribution >= 4 is 35.8 Å². The Morgan fingerprint density at radius 2 is 1.73 bits per heavy atom. The second kappa shape index (κ2) is 14.5. The van der Waals surface area contributed by atoms with Gasteiger partial charge in [-0.1, -0.05) is 30.3 Å². The zero-order valence-corrected chi connectivity index (χ0v) is 20.1. The molecule has 0 fully saturated rings. The van der Waals surface area contributed by atoms with E-state index in [4.69, 9.17) is 9.47 Å². The predicted octanol–water partition coefficient (Wildman–Crippen LogP) is 2.91. The molecule has 0 bridgehead atoms. The van der Waals surface area contributed by atoms with Gasteiger partial charge in [0.05, 0.1) is 13.7 Å². The Balaban J connectivity index is 0.00000450. The first-order valence-electron chi connectivity index (χ1n) is 9.69. The molecule has 2 aromatic carbocycles. The summed E-state index contributed by atoms with van der Waals surface area (Å²) in [7, 11) is 3.55. The second-order valence-corrected chi connectivity index (χ2v) is 6.38. The smallest absolute Gasteiger partial charge is 0.242 e. The Morgan fingerprint density at radius 3 is 2.37 bits per heavy atom. The molecule has 2 rings (SSSR count). The number of nitrogens with one attached hydrogen (secondary N) is 2. The Morgan fingerprint density at radius 1 is 1.03 bits per heavy atom. The SMILES string of the molecule is CCNC(=NCC(=O)NCc1ccc(OC)cc1)N(C)CCOc1ccccc1.I. The van der Waals surface area contributed by atoms with Crippen molar-refractivity contribution in [3.8, 4) is 11.5 Å². The van der Waals surface area contributed by atoms with Crippen LogP contribution in [-0.2, 0) is 11.3 Å². The van der Waals surface area contributed by atoms with Crippen molar-refractivity contribution in [2.75, 3.05) is 40.4 Å². The first-order valence-corrected chi connectivity index (χ1v) is 9.69. The molecule has 2 aromatic rings. The zero-order chi connectivity index (χ0) is 20.9. The van der Waals surface area contributed by atoms with Crippen LogP contribution in [0.1, 0.15) is 12.5 Å². The number of carbonyl (C=O) groups excluding carboxylic acids is 1. The van der Waals surface area contributed by atoms with Crippen molar-refractivity contribution in [1.29, 1.82) is 0 Å². The van der Waals surface area contributed by atoms with Gasteiger partial charge in [-0.25, -0.2) is 4.99 Å². The summed E-state index contributed by atoms with van der Waals surface area (Å²) in [6, 6.07) is 17.3. The third-order valence-corrected chi connectivity index (χ3v) is 4.16. The molecule has 0 unspecified atom stereocenters. The van der Waals surface area contributed by atoms with Crippen LogP contribution in [0, 0.1) is 0 Å². The number of hydrogen-bond acceptors (Lipinski definition) is 4. The largest absolute Gasteiger partial charge is 0.497 e. The number of hydrogen-bond donors (Lipinski definition) is 2. The zero-order valence-electron chi connectivity index (χ0n) is 17.8. The number of guanidine groups is 1. The summed E-state index contributed by atoms with van der Waals surface area (Å²) in [5.41, 5.74) is 1.00. The van der Waals surface area contributed by atoms with Gasteiger partial charge in [0, 0.05) is 20.1 Å². The molecule has 0 radical (unpaired) electrons. The van der Waals surface area contributed by atoms with Gasteiger partial charge < -0.3 is 25.0 Å². The lowest BCUT2D eigenvalue weighted by atomic mass is 10.2. The van der Waals surface area contributed by atoms with Crippen LogP contribution in [0.5, 0.6) is 11.5 Å². The third kappa shape index (κ3) is 9.34. The normalized spacial score (nSPS) is 10.6. The Kier molecular flexibility index (Phi) is 12.3. The van der Waals surface area contributed by atoms with Crippen LogP contribution < -0.4 is 20.1 Å². The summed E-state index contributed by atoms with van der Waals surface area (Å²) in [4.78, 5) is 18.5. The van der Waals surface area contributed by atoms with E-state index >= 15 is 0 Å². The average Bonchev–Trinajstić information content (AvgIpc) is 2.76. The highest BCUT2D eigenvalue weighted by Gasteiger charge is 2.08. The summed E-state index contributed by atoms with van der Waals surface area (Å²) >= 11 is 0. The second-order valence-electron chi connectivity index (χ2n) is 6.38. The minimum absolute atomic E-state index is 0. The minimum atomic E-state index is -0.134. The van der Waals surface area contributed by atoms with Gasteiger partial charge in [-0.15, -0.1) is 24.0 Å². The standard InChI is InChI=1S/C22H30N4O3.HI/c1-4-23-22(26(2)14-15-29-20-8-6-5-7-9-20)25-17-21(27)24-16-18-10-12-19(28-3)13-11-18;/h5-13H,4,14-17H2,1-3H3,(H,23,25)(H,24,27);1H. The molecule has 0 aromatic heterocycles. The highest BCUT2D eigenvalue weighted by Crippen LogP contribution is 2.11. The number of likely N-dealkylation sites (N-methyl/N-ethyl adjacent to an activating group) is 1. The van der Waals surface area contributed by atoms with Gasteiger partial charge in [-0.3, -0.25) is 4.79 Å². The molecule has 0 aliphatic carbocycles. The van der Waals surface area contributed by atoms with E-state index in [0.29, 0.717) is 25.7 Å². The van der Waals surface area contributed by atoms with Gasteiger partial charge >= 0.3 is 0 Å². The molecule has 0 atom stereocenters. The summed E-state index contributed by atoms with van der Waals surface area (Å²) < 4.78 is 10.9. The fraction of sp³-hybridized carbons (Fsp3) is 0.364. The monoisotopic (exact) mass is 526 g/mol. The van der Waals surface area contributed by atoms with Crippen molar-refractivity contribution < 1.29 is 14.3 Å². The lowest BCUT2D eigenvalue weighted by molar-refractivity contribution is -0.119. The number of aliphatic imine (C=N–C) groups is 1. The van der Waals surface area contributed by atoms with Gasteiger partial charge in [0.15, 0.2) is 5.96 Å². The predicted molar refractivity (Wildman–Crippen MR) is 131 cm³/mol. The molecule has 0 aliphatic rings. The minimum Gasteiger partial charge on any atom is -0.497 e. The topological polar surface area (TPSA) is 75.2 Å². The van der Waals surface area contributed by atoms with E-state index in [0.717, 1.165) is 23.6 Å². The summed E-state index contributed by atoms with van der Waals surface area (Å²) in [6.45, 7) is 4.39. The molecular weight excluding hydrogens is 495 g/mol. The van der Waals surface area contributed by atoms with Crippen LogP contribution in [-0.4, -0.2) is 57.2 Å². The van der Waals surface area contributed by atoms with Crippen molar-refractivity contribution in [2.45, 2.75) is 13.5 Å². The number of methoxy groups -OCH3 is 1. The highest BCUT2D eigenvalue weighted by molar-refractivity contribution is 14.0. The number of nitrogens with zero attached hydrogens (tertiary/aromatic N) is 2. The van der Waals surface area contributed by atoms with E-state index in [1.807, 2.05) is 73.5 Å². The average molecular weight is 526 g/mol. The fourth-order valence-corrected chi connectivity index (χ4v) is 2.54. The van der Waals surface area contributed by atoms with E-state index in [1.54, 1.807) is 7.11 Å². The van der Waals surface area contributed by atoms with Crippen molar-refractivity contribution in [2.24, 2.45) is 4.99 Å². The fourth-order valence-electron chi connectivity index (χ4n) is 2.54. The number of amides is 1. The quantitative estimate of drug-likeness (QED) is 0.283. The molecule has 0 aliphatic heterocycles. The lowest BCUT2D eigenvalue weighted by Gasteiger charge is -2.22. The van der Waals surface area contributed by atoms with E-state index in [-0.39, 0.29) is 36.4 Å². The first-order chi connectivity index (χ1) is 14.1. The van der Waals surface area contributed by atoms with E-state index in [9.17, 15) is 4.79 Å². The summed E-state index contributed by atoms with van der Waals surface area (Å²) in [6.07, 6.45) is 0. The number of halogens is 1. The molecule has 2 N–H and O–H groups in total. The third-order valence-electron chi connectivity index (χ3n) is 4.16. The van der Waals surface area contributed by atoms with Gasteiger partial charge in [-0.05, 0) is 36.8 Å². The number of para-hydroxylation sites is 1. The van der Waals surface area contributed by atoms with Crippen molar-refractivity contribution in [1.82, 2.24) is 15.5 Å². The number of carbonyl (C=O) groups is 1. The van der Waals surface area contributed by atoms with Crippen LogP contribution in [0.15, 0.2) is 59.6 Å². The van der Waals surface area contributed by atoms with Gasteiger partial charge in [0.1, 0.15) is 24.7 Å². The first kappa shape index (κ1) is 25.5. The van der Waals surface area contributed by atoms with Gasteiger partial charge in [0.25, 0.3) is 0 Å². The molecule has 1 amide bonds. The Bertz CT molecular complexity index is 770.